The van der Waals surface area contributed by atoms with E-state index in [2.05, 4.69) is 4.98 Å². The molecule has 0 aliphatic heterocycles. The highest BCUT2D eigenvalue weighted by Crippen LogP contribution is 2.11. The summed E-state index contributed by atoms with van der Waals surface area (Å²) in [6, 6.07) is 0. The molecule has 2 N–H and O–H groups in total. The van der Waals surface area contributed by atoms with Crippen molar-refractivity contribution in [2.24, 2.45) is 0 Å². The molecule has 0 bridgehead atoms. The van der Waals surface area contributed by atoms with Crippen LogP contribution in [0.5, 0.6) is 0 Å². The number of nitrogens with zero attached hydrogens (tertiary/aromatic N) is 3. The van der Waals surface area contributed by atoms with E-state index in [9.17, 15) is 9.59 Å². The predicted molar refractivity (Wildman–Crippen MR) is 66.6 cm³/mol. The van der Waals surface area contributed by atoms with Gasteiger partial charge in [0.25, 0.3) is 0 Å². The Morgan fingerprint density at radius 1 is 1.35 bits per heavy atom. The average molecular weight is 256 g/mol. The Kier molecular flexibility index (Phi) is 4.45. The van der Waals surface area contributed by atoms with Gasteiger partial charge in [0.1, 0.15) is 0 Å². The zero-order valence-electron chi connectivity index (χ0n) is 10.1. The minimum atomic E-state index is -0.148. The lowest BCUT2D eigenvalue weighted by molar-refractivity contribution is -0.137. The second-order valence-electron chi connectivity index (χ2n) is 3.89. The van der Waals surface area contributed by atoms with E-state index in [4.69, 9.17) is 5.73 Å². The number of thiazole rings is 1. The topological polar surface area (TPSA) is 79.5 Å². The van der Waals surface area contributed by atoms with Crippen LogP contribution in [0.25, 0.3) is 0 Å². The SMILES string of the molecule is CN(C)C(=O)CN(C)C(=O)Cc1csc(N)n1. The van der Waals surface area contributed by atoms with Crippen LogP contribution in [0.2, 0.25) is 0 Å². The quantitative estimate of drug-likeness (QED) is 0.810. The van der Waals surface area contributed by atoms with E-state index >= 15 is 0 Å². The second-order valence-corrected chi connectivity index (χ2v) is 4.78. The Hall–Kier alpha value is -1.63. The molecule has 7 heteroatoms. The van der Waals surface area contributed by atoms with E-state index < -0.39 is 0 Å². The first-order valence-electron chi connectivity index (χ1n) is 5.04. The van der Waals surface area contributed by atoms with Crippen molar-refractivity contribution < 1.29 is 9.59 Å². The lowest BCUT2D eigenvalue weighted by Crippen LogP contribution is -2.38. The number of aromatic nitrogens is 1. The first kappa shape index (κ1) is 13.4. The summed E-state index contributed by atoms with van der Waals surface area (Å²) in [5, 5.41) is 2.19. The van der Waals surface area contributed by atoms with Gasteiger partial charge in [-0.1, -0.05) is 0 Å². The second kappa shape index (κ2) is 5.62. The summed E-state index contributed by atoms with van der Waals surface area (Å²) < 4.78 is 0. The van der Waals surface area contributed by atoms with E-state index in [0.29, 0.717) is 10.8 Å². The minimum Gasteiger partial charge on any atom is -0.375 e. The highest BCUT2D eigenvalue weighted by molar-refractivity contribution is 7.13. The number of likely N-dealkylation sites (N-methyl/N-ethyl adjacent to an activating group) is 2. The molecule has 0 fully saturated rings. The molecule has 0 aliphatic rings. The molecule has 1 rings (SSSR count). The van der Waals surface area contributed by atoms with Crippen molar-refractivity contribution in [3.8, 4) is 0 Å². The first-order valence-corrected chi connectivity index (χ1v) is 5.92. The molecule has 1 heterocycles. The van der Waals surface area contributed by atoms with Gasteiger partial charge < -0.3 is 15.5 Å². The van der Waals surface area contributed by atoms with Crippen LogP contribution >= 0.6 is 11.3 Å². The van der Waals surface area contributed by atoms with Crippen molar-refractivity contribution in [2.45, 2.75) is 6.42 Å². The number of amides is 2. The van der Waals surface area contributed by atoms with Crippen molar-refractivity contribution in [1.29, 1.82) is 0 Å². The monoisotopic (exact) mass is 256 g/mol. The molecule has 2 amide bonds. The normalized spacial score (nSPS) is 10.1. The molecule has 0 aliphatic carbocycles. The van der Waals surface area contributed by atoms with Gasteiger partial charge in [-0.05, 0) is 0 Å². The van der Waals surface area contributed by atoms with Crippen molar-refractivity contribution >= 4 is 28.3 Å². The molecule has 0 atom stereocenters. The van der Waals surface area contributed by atoms with Gasteiger partial charge in [-0.3, -0.25) is 9.59 Å². The molecule has 94 valence electrons. The summed E-state index contributed by atoms with van der Waals surface area (Å²) in [5.41, 5.74) is 6.11. The van der Waals surface area contributed by atoms with Crippen LogP contribution in [0.3, 0.4) is 0 Å². The molecule has 1 aromatic rings. The van der Waals surface area contributed by atoms with Gasteiger partial charge in [0.15, 0.2) is 5.13 Å². The van der Waals surface area contributed by atoms with Gasteiger partial charge in [-0.15, -0.1) is 11.3 Å². The van der Waals surface area contributed by atoms with Crippen LogP contribution in [0.4, 0.5) is 5.13 Å². The van der Waals surface area contributed by atoms with Crippen molar-refractivity contribution in [3.63, 3.8) is 0 Å². The highest BCUT2D eigenvalue weighted by Gasteiger charge is 2.15. The number of carbonyl (C=O) groups is 2. The zero-order valence-corrected chi connectivity index (χ0v) is 11.0. The Balaban J connectivity index is 2.50. The van der Waals surface area contributed by atoms with E-state index in [1.54, 1.807) is 26.5 Å². The molecule has 17 heavy (non-hydrogen) atoms. The van der Waals surface area contributed by atoms with Gasteiger partial charge in [0, 0.05) is 26.5 Å². The van der Waals surface area contributed by atoms with Crippen molar-refractivity contribution in [3.05, 3.63) is 11.1 Å². The first-order chi connectivity index (χ1) is 7.90. The standard InChI is InChI=1S/C10H16N4O2S/c1-13(2)9(16)5-14(3)8(15)4-7-6-17-10(11)12-7/h6H,4-5H2,1-3H3,(H2,11,12). The summed E-state index contributed by atoms with van der Waals surface area (Å²) in [7, 11) is 4.91. The molecule has 0 saturated carbocycles. The largest absolute Gasteiger partial charge is 0.375 e. The maximum Gasteiger partial charge on any atom is 0.241 e. The van der Waals surface area contributed by atoms with Crippen molar-refractivity contribution in [1.82, 2.24) is 14.8 Å². The summed E-state index contributed by atoms with van der Waals surface area (Å²) in [6.45, 7) is 0.0749. The molecule has 0 saturated heterocycles. The van der Waals surface area contributed by atoms with Gasteiger partial charge in [0.05, 0.1) is 18.7 Å². The number of nitrogens with two attached hydrogens (primary N) is 1. The summed E-state index contributed by atoms with van der Waals surface area (Å²) in [4.78, 5) is 30.0. The number of hydrogen-bond acceptors (Lipinski definition) is 5. The maximum absolute atomic E-state index is 11.8. The number of carbonyl (C=O) groups excluding carboxylic acids is 2. The van der Waals surface area contributed by atoms with E-state index in [-0.39, 0.29) is 24.8 Å². The fourth-order valence-corrected chi connectivity index (χ4v) is 1.69. The van der Waals surface area contributed by atoms with E-state index in [1.807, 2.05) is 0 Å². The van der Waals surface area contributed by atoms with Crippen LogP contribution in [-0.4, -0.2) is 54.3 Å². The third kappa shape index (κ3) is 4.03. The summed E-state index contributed by atoms with van der Waals surface area (Å²) >= 11 is 1.30. The van der Waals surface area contributed by atoms with Gasteiger partial charge in [-0.25, -0.2) is 4.98 Å². The van der Waals surface area contributed by atoms with E-state index in [1.165, 1.54) is 21.1 Å². The third-order valence-electron chi connectivity index (χ3n) is 2.20. The average Bonchev–Trinajstić information content (AvgIpc) is 2.63. The van der Waals surface area contributed by atoms with Crippen LogP contribution < -0.4 is 5.73 Å². The highest BCUT2D eigenvalue weighted by atomic mass is 32.1. The molecule has 6 nitrogen and oxygen atoms in total. The Labute approximate surface area is 104 Å². The molecule has 0 radical (unpaired) electrons. The molecule has 0 aromatic carbocycles. The van der Waals surface area contributed by atoms with E-state index in [0.717, 1.165) is 0 Å². The van der Waals surface area contributed by atoms with Crippen LogP contribution in [0, 0.1) is 0 Å². The van der Waals surface area contributed by atoms with Crippen LogP contribution in [-0.2, 0) is 16.0 Å². The Morgan fingerprint density at radius 3 is 2.47 bits per heavy atom. The number of anilines is 1. The molecular weight excluding hydrogens is 240 g/mol. The molecule has 0 unspecified atom stereocenters. The molecular formula is C10H16N4O2S. The smallest absolute Gasteiger partial charge is 0.241 e. The predicted octanol–water partition coefficient (Wildman–Crippen LogP) is -0.186. The van der Waals surface area contributed by atoms with Gasteiger partial charge in [0.2, 0.25) is 11.8 Å². The lowest BCUT2D eigenvalue weighted by Gasteiger charge is -2.18. The summed E-state index contributed by atoms with van der Waals surface area (Å²) in [6.07, 6.45) is 0.172. The van der Waals surface area contributed by atoms with Gasteiger partial charge in [-0.2, -0.15) is 0 Å². The number of nitrogen functional groups attached to an aromatic ring is 1. The van der Waals surface area contributed by atoms with Crippen LogP contribution in [0.1, 0.15) is 5.69 Å². The fourth-order valence-electron chi connectivity index (χ4n) is 1.13. The Bertz CT molecular complexity index is 416. The molecule has 0 spiro atoms. The summed E-state index contributed by atoms with van der Waals surface area (Å²) in [5.74, 6) is -0.260. The fraction of sp³-hybridized carbons (Fsp3) is 0.500. The number of rotatable bonds is 4. The molecule has 1 aromatic heterocycles. The van der Waals surface area contributed by atoms with Crippen molar-refractivity contribution in [2.75, 3.05) is 33.4 Å². The van der Waals surface area contributed by atoms with Gasteiger partial charge >= 0.3 is 0 Å². The zero-order chi connectivity index (χ0) is 13.0. The lowest BCUT2D eigenvalue weighted by atomic mass is 10.3. The number of hydrogen-bond donors (Lipinski definition) is 1. The Morgan fingerprint density at radius 2 is 2.00 bits per heavy atom. The van der Waals surface area contributed by atoms with Crippen LogP contribution in [0.15, 0.2) is 5.38 Å². The minimum absolute atomic E-state index is 0.0749. The third-order valence-corrected chi connectivity index (χ3v) is 2.92. The maximum atomic E-state index is 11.8.